The second-order valence-corrected chi connectivity index (χ2v) is 9.24. The van der Waals surface area contributed by atoms with Gasteiger partial charge in [0, 0.05) is 35.6 Å². The summed E-state index contributed by atoms with van der Waals surface area (Å²) in [7, 11) is 0. The topological polar surface area (TPSA) is 59.0 Å². The Morgan fingerprint density at radius 3 is 3.00 bits per heavy atom. The van der Waals surface area contributed by atoms with Gasteiger partial charge in [-0.05, 0) is 44.9 Å². The third-order valence-corrected chi connectivity index (χ3v) is 7.21. The fourth-order valence-corrected chi connectivity index (χ4v) is 6.06. The van der Waals surface area contributed by atoms with Crippen molar-refractivity contribution in [3.05, 3.63) is 71.9 Å². The highest BCUT2D eigenvalue weighted by atomic mass is 16.6. The van der Waals surface area contributed by atoms with Crippen molar-refractivity contribution < 1.29 is 19.4 Å². The van der Waals surface area contributed by atoms with Crippen LogP contribution in [0.5, 0.6) is 11.5 Å². The standard InChI is InChI=1S/C26H29NO4/c1-4-13-27-14-12-26-18-9-10-20(28)25(26)31-24-21(30-22(29)7-5-6-16(2)3)11-8-17(23(24)26)15-19(18)27/h4-11,18-20,25,28H,1,12-15H2,2-3H3/b7-5+/t18?,19-,20+,25+,26+/m1/s1. The molecule has 4 aliphatic rings. The highest BCUT2D eigenvalue weighted by Gasteiger charge is 2.64. The Hall–Kier alpha value is -2.63. The Bertz CT molecular complexity index is 1020. The van der Waals surface area contributed by atoms with Crippen molar-refractivity contribution in [2.24, 2.45) is 5.92 Å². The number of ether oxygens (including phenoxy) is 2. The number of rotatable bonds is 5. The average Bonchev–Trinajstić information content (AvgIpc) is 3.08. The molecule has 2 bridgehead atoms. The first-order chi connectivity index (χ1) is 15.0. The molecule has 1 spiro atoms. The molecular weight excluding hydrogens is 390 g/mol. The number of aliphatic hydroxyl groups excluding tert-OH is 1. The number of likely N-dealkylation sites (tertiary alicyclic amines) is 1. The van der Waals surface area contributed by atoms with Crippen molar-refractivity contribution in [3.8, 4) is 11.5 Å². The molecule has 0 aromatic heterocycles. The minimum Gasteiger partial charge on any atom is -0.482 e. The molecule has 1 N–H and O–H groups in total. The van der Waals surface area contributed by atoms with E-state index in [1.54, 1.807) is 6.08 Å². The molecule has 5 nitrogen and oxygen atoms in total. The van der Waals surface area contributed by atoms with Crippen LogP contribution in [0.15, 0.2) is 60.7 Å². The second-order valence-electron chi connectivity index (χ2n) is 9.24. The summed E-state index contributed by atoms with van der Waals surface area (Å²) in [5.41, 5.74) is 3.20. The summed E-state index contributed by atoms with van der Waals surface area (Å²) in [4.78, 5) is 14.9. The molecule has 1 aromatic carbocycles. The first-order valence-corrected chi connectivity index (χ1v) is 11.0. The third-order valence-electron chi connectivity index (χ3n) is 7.21. The summed E-state index contributed by atoms with van der Waals surface area (Å²) in [6.07, 6.45) is 11.8. The molecule has 5 atom stereocenters. The number of benzene rings is 1. The normalized spacial score (nSPS) is 32.4. The molecule has 1 unspecified atom stereocenters. The zero-order valence-corrected chi connectivity index (χ0v) is 18.1. The van der Waals surface area contributed by atoms with Crippen molar-refractivity contribution in [2.45, 2.75) is 50.4 Å². The lowest BCUT2D eigenvalue weighted by Gasteiger charge is -2.57. The Morgan fingerprint density at radius 2 is 2.23 bits per heavy atom. The lowest BCUT2D eigenvalue weighted by Crippen LogP contribution is -2.65. The van der Waals surface area contributed by atoms with Gasteiger partial charge in [-0.3, -0.25) is 4.90 Å². The average molecular weight is 420 g/mol. The lowest BCUT2D eigenvalue weighted by molar-refractivity contribution is -0.129. The lowest BCUT2D eigenvalue weighted by atomic mass is 9.53. The molecule has 31 heavy (non-hydrogen) atoms. The molecule has 2 heterocycles. The number of carbonyl (C=O) groups is 1. The number of allylic oxidation sites excluding steroid dienone is 3. The van der Waals surface area contributed by atoms with E-state index in [9.17, 15) is 9.90 Å². The number of piperidine rings is 1. The Labute approximate surface area is 183 Å². The Morgan fingerprint density at radius 1 is 1.39 bits per heavy atom. The van der Waals surface area contributed by atoms with Gasteiger partial charge in [-0.1, -0.05) is 42.0 Å². The summed E-state index contributed by atoms with van der Waals surface area (Å²) in [5.74, 6) is 0.892. The molecule has 5 heteroatoms. The fraction of sp³-hybridized carbons (Fsp3) is 0.423. The van der Waals surface area contributed by atoms with Crippen LogP contribution in [-0.2, 0) is 16.6 Å². The first kappa shape index (κ1) is 20.3. The summed E-state index contributed by atoms with van der Waals surface area (Å²) < 4.78 is 12.1. The maximum absolute atomic E-state index is 12.4. The van der Waals surface area contributed by atoms with Crippen LogP contribution in [0.3, 0.4) is 0 Å². The number of aliphatic hydroxyl groups is 1. The molecule has 1 fully saturated rings. The monoisotopic (exact) mass is 419 g/mol. The zero-order valence-electron chi connectivity index (χ0n) is 18.1. The summed E-state index contributed by atoms with van der Waals surface area (Å²) >= 11 is 0. The van der Waals surface area contributed by atoms with Gasteiger partial charge in [-0.2, -0.15) is 0 Å². The number of esters is 1. The molecule has 1 aromatic rings. The Balaban J connectivity index is 1.55. The van der Waals surface area contributed by atoms with Gasteiger partial charge in [0.1, 0.15) is 12.2 Å². The van der Waals surface area contributed by atoms with Gasteiger partial charge in [0.2, 0.25) is 0 Å². The molecule has 5 rings (SSSR count). The molecule has 2 aliphatic carbocycles. The maximum atomic E-state index is 12.4. The van der Waals surface area contributed by atoms with Crippen molar-refractivity contribution in [1.29, 1.82) is 0 Å². The zero-order chi connectivity index (χ0) is 21.8. The highest BCUT2D eigenvalue weighted by Crippen LogP contribution is 2.62. The summed E-state index contributed by atoms with van der Waals surface area (Å²) in [6, 6.07) is 4.25. The molecule has 2 aliphatic heterocycles. The number of hydrogen-bond acceptors (Lipinski definition) is 5. The van der Waals surface area contributed by atoms with Gasteiger partial charge in [0.05, 0.1) is 0 Å². The van der Waals surface area contributed by atoms with Gasteiger partial charge >= 0.3 is 5.97 Å². The highest BCUT2D eigenvalue weighted by molar-refractivity contribution is 5.85. The van der Waals surface area contributed by atoms with Crippen molar-refractivity contribution in [2.75, 3.05) is 13.1 Å². The van der Waals surface area contributed by atoms with Gasteiger partial charge in [-0.25, -0.2) is 4.79 Å². The van der Waals surface area contributed by atoms with Crippen LogP contribution in [-0.4, -0.2) is 47.3 Å². The predicted molar refractivity (Wildman–Crippen MR) is 119 cm³/mol. The van der Waals surface area contributed by atoms with Crippen molar-refractivity contribution in [3.63, 3.8) is 0 Å². The van der Waals surface area contributed by atoms with E-state index < -0.39 is 12.1 Å². The van der Waals surface area contributed by atoms with Crippen molar-refractivity contribution >= 4 is 5.97 Å². The molecule has 0 amide bonds. The van der Waals surface area contributed by atoms with Crippen LogP contribution in [0.25, 0.3) is 0 Å². The molecule has 162 valence electrons. The minimum absolute atomic E-state index is 0.256. The molecule has 1 saturated heterocycles. The van der Waals surface area contributed by atoms with E-state index >= 15 is 0 Å². The molecular formula is C26H29NO4. The van der Waals surface area contributed by atoms with E-state index in [1.807, 2.05) is 38.1 Å². The quantitative estimate of drug-likeness (QED) is 0.260. The maximum Gasteiger partial charge on any atom is 0.336 e. The van der Waals surface area contributed by atoms with Gasteiger partial charge in [0.25, 0.3) is 0 Å². The fourth-order valence-electron chi connectivity index (χ4n) is 6.06. The minimum atomic E-state index is -0.678. The summed E-state index contributed by atoms with van der Waals surface area (Å²) in [5, 5.41) is 10.8. The van der Waals surface area contributed by atoms with E-state index in [4.69, 9.17) is 9.47 Å². The second kappa shape index (κ2) is 7.50. The van der Waals surface area contributed by atoms with Gasteiger partial charge in [-0.15, -0.1) is 6.58 Å². The van der Waals surface area contributed by atoms with Gasteiger partial charge in [0.15, 0.2) is 11.5 Å². The van der Waals surface area contributed by atoms with Gasteiger partial charge < -0.3 is 14.6 Å². The van der Waals surface area contributed by atoms with E-state index in [-0.39, 0.29) is 17.4 Å². The van der Waals surface area contributed by atoms with Crippen LogP contribution < -0.4 is 9.47 Å². The first-order valence-electron chi connectivity index (χ1n) is 11.0. The summed E-state index contributed by atoms with van der Waals surface area (Å²) in [6.45, 7) is 9.66. The van der Waals surface area contributed by atoms with E-state index in [2.05, 4.69) is 23.6 Å². The van der Waals surface area contributed by atoms with Crippen LogP contribution in [0, 0.1) is 5.92 Å². The van der Waals surface area contributed by atoms with Crippen LogP contribution >= 0.6 is 0 Å². The molecule has 0 radical (unpaired) electrons. The Kier molecular flexibility index (Phi) is 4.91. The van der Waals surface area contributed by atoms with Crippen LogP contribution in [0.4, 0.5) is 0 Å². The number of hydrogen-bond donors (Lipinski definition) is 1. The third kappa shape index (κ3) is 3.02. The largest absolute Gasteiger partial charge is 0.482 e. The molecule has 0 saturated carbocycles. The smallest absolute Gasteiger partial charge is 0.336 e. The number of carbonyl (C=O) groups excluding carboxylic acids is 1. The van der Waals surface area contributed by atoms with Crippen LogP contribution in [0.2, 0.25) is 0 Å². The van der Waals surface area contributed by atoms with Crippen LogP contribution in [0.1, 0.15) is 31.4 Å². The number of nitrogens with zero attached hydrogens (tertiary/aromatic N) is 1. The van der Waals surface area contributed by atoms with E-state index in [0.717, 1.165) is 37.1 Å². The van der Waals surface area contributed by atoms with E-state index in [1.165, 1.54) is 11.6 Å². The van der Waals surface area contributed by atoms with E-state index in [0.29, 0.717) is 17.5 Å². The van der Waals surface area contributed by atoms with Crippen molar-refractivity contribution in [1.82, 2.24) is 4.90 Å². The predicted octanol–water partition coefficient (Wildman–Crippen LogP) is 3.48. The SMILES string of the molecule is C=CCN1CC[C@]23c4c5ccc(OC(=O)/C=C/C=C(C)C)c4O[C@H]2[C@@H](O)C=CC3[C@H]1C5.